The minimum Gasteiger partial charge on any atom is -0.512 e. The molecule has 3 N–H and O–H groups in total. The first kappa shape index (κ1) is 82.9. The summed E-state index contributed by atoms with van der Waals surface area (Å²) in [5, 5.41) is 27.3. The van der Waals surface area contributed by atoms with Gasteiger partial charge < -0.3 is 15.3 Å². The van der Waals surface area contributed by atoms with Gasteiger partial charge in [-0.1, -0.05) is 223 Å². The number of para-hydroxylation sites is 2. The van der Waals surface area contributed by atoms with Crippen molar-refractivity contribution in [3.8, 4) is 67.2 Å². The van der Waals surface area contributed by atoms with E-state index in [1.807, 2.05) is 42.5 Å². The number of aromatic nitrogens is 3. The molecule has 3 aliphatic rings. The van der Waals surface area contributed by atoms with Crippen LogP contribution in [0.2, 0.25) is 0 Å². The van der Waals surface area contributed by atoms with Crippen LogP contribution in [0.3, 0.4) is 0 Å². The number of aliphatic hydroxyl groups excluding tert-OH is 3. The number of hydrogen-bond donors (Lipinski definition) is 3. The molecule has 0 unspecified atom stereocenters. The number of pyridine rings is 3. The molecule has 12 aromatic rings. The van der Waals surface area contributed by atoms with Crippen LogP contribution >= 0.6 is 0 Å². The normalized spacial score (nSPS) is 13.4. The molecule has 3 radical (unpaired) electrons. The molecule has 0 fully saturated rings. The van der Waals surface area contributed by atoms with Crippen molar-refractivity contribution in [3.05, 3.63) is 304 Å². The van der Waals surface area contributed by atoms with E-state index in [2.05, 4.69) is 218 Å². The van der Waals surface area contributed by atoms with Gasteiger partial charge in [-0.2, -0.15) is 0 Å². The second-order valence-electron chi connectivity index (χ2n) is 28.6. The molecule has 0 atom stereocenters. The van der Waals surface area contributed by atoms with Crippen LogP contribution < -0.4 is 0 Å². The van der Waals surface area contributed by atoms with Crippen LogP contribution in [0.15, 0.2) is 236 Å². The number of ketones is 3. The smallest absolute Gasteiger partial charge is 0.155 e. The molecule has 0 saturated heterocycles. The number of fused-ring (bicyclic) bond motifs is 12. The first-order valence-electron chi connectivity index (χ1n) is 33.9. The molecule has 0 aliphatic heterocycles. The van der Waals surface area contributed by atoms with Gasteiger partial charge in [0.1, 0.15) is 11.6 Å². The summed E-state index contributed by atoms with van der Waals surface area (Å²) >= 11 is 0. The van der Waals surface area contributed by atoms with E-state index < -0.39 is 0 Å². The van der Waals surface area contributed by atoms with Crippen molar-refractivity contribution in [2.24, 2.45) is 0 Å². The summed E-state index contributed by atoms with van der Waals surface area (Å²) in [5.74, 6) is -0.675. The fraction of sp³-hybridized carbons (Fsp3) is 0.209. The molecule has 9 nitrogen and oxygen atoms in total. The standard InChI is InChI=1S/C28H26N.2C24H17FN.3C5H8O2.3Ir/c1-27(2,3)20-12-14-22-21-13-10-19(16-23(21)28(4,5)24(22)17-20)26-15-11-18-8-6-7-9-25(18)29-26;1-24(2)19-9-5-3-7-16(19)17-12-11-15(13-20(17)24)23-14-21(25)18-8-4-6-10-22(18)26-23;1-24(2)19-7-4-3-6-16(19)17-11-10-15(14-20(17)24)22-13-12-18-21(25)8-5-9-23(18)26-22;3*1-4(6)3-5(2)7;;;/h6-9,11-17H,1-5H3;3-10,12-14H,1-2H3;3-9,11-14H,1-2H3;3*3,6H,1-2H3;;;/q3*-1;;;;;;. The zero-order valence-corrected chi connectivity index (χ0v) is 68.6. The van der Waals surface area contributed by atoms with Gasteiger partial charge in [0, 0.05) is 89.3 Å². The maximum absolute atomic E-state index is 14.5. The largest absolute Gasteiger partial charge is 0.512 e. The topological polar surface area (TPSA) is 151 Å². The minimum absolute atomic E-state index is 0. The first-order chi connectivity index (χ1) is 48.2. The summed E-state index contributed by atoms with van der Waals surface area (Å²) in [5.41, 5.74) is 24.5. The van der Waals surface area contributed by atoms with Gasteiger partial charge in [0.05, 0.1) is 33.8 Å². The van der Waals surface area contributed by atoms with Crippen molar-refractivity contribution in [2.45, 2.75) is 126 Å². The van der Waals surface area contributed by atoms with Gasteiger partial charge >= 0.3 is 0 Å². The third-order valence-electron chi connectivity index (χ3n) is 18.5. The van der Waals surface area contributed by atoms with E-state index in [9.17, 15) is 23.2 Å². The monoisotopic (exact) mass is 1930 g/mol. The summed E-state index contributed by atoms with van der Waals surface area (Å²) in [6.07, 6.45) is 3.50. The van der Waals surface area contributed by atoms with Crippen LogP contribution in [0.5, 0.6) is 0 Å². The van der Waals surface area contributed by atoms with Gasteiger partial charge in [-0.25, -0.2) is 8.78 Å². The third kappa shape index (κ3) is 18.7. The number of rotatable bonds is 6. The van der Waals surface area contributed by atoms with E-state index in [0.29, 0.717) is 27.5 Å². The molecule has 9 aromatic carbocycles. The van der Waals surface area contributed by atoms with Gasteiger partial charge in [-0.15, -0.1) is 88.0 Å². The molecule has 105 heavy (non-hydrogen) atoms. The van der Waals surface area contributed by atoms with Crippen molar-refractivity contribution in [3.63, 3.8) is 0 Å². The number of allylic oxidation sites excluding steroid dienone is 6. The zero-order chi connectivity index (χ0) is 73.8. The fourth-order valence-corrected chi connectivity index (χ4v) is 13.5. The number of carbonyl (C=O) groups excluding carboxylic acids is 3. The average molecular weight is 1930 g/mol. The molecule has 0 bridgehead atoms. The van der Waals surface area contributed by atoms with Gasteiger partial charge in [0.25, 0.3) is 0 Å². The minimum atomic E-state index is -0.248. The molecular formula is C91H84F2Ir3N3O6-3. The van der Waals surface area contributed by atoms with Crippen molar-refractivity contribution >= 4 is 50.1 Å². The number of halogens is 2. The van der Waals surface area contributed by atoms with Crippen LogP contribution in [-0.4, -0.2) is 47.6 Å². The Morgan fingerprint density at radius 1 is 0.371 bits per heavy atom. The summed E-state index contributed by atoms with van der Waals surface area (Å²) in [6.45, 7) is 29.0. The van der Waals surface area contributed by atoms with Crippen LogP contribution in [0.4, 0.5) is 8.78 Å². The molecule has 15 rings (SSSR count). The maximum Gasteiger partial charge on any atom is 0.155 e. The van der Waals surface area contributed by atoms with Crippen molar-refractivity contribution in [1.82, 2.24) is 15.0 Å². The molecule has 0 saturated carbocycles. The number of benzene rings is 9. The summed E-state index contributed by atoms with van der Waals surface area (Å²) < 4.78 is 28.4. The van der Waals surface area contributed by atoms with Crippen LogP contribution in [-0.2, 0) is 96.4 Å². The Hall–Kier alpha value is -9.35. The van der Waals surface area contributed by atoms with E-state index in [0.717, 1.165) is 33.6 Å². The van der Waals surface area contributed by atoms with E-state index in [1.54, 1.807) is 18.2 Å². The molecule has 0 amide bonds. The predicted octanol–water partition coefficient (Wildman–Crippen LogP) is 22.7. The summed E-state index contributed by atoms with van der Waals surface area (Å²) in [4.78, 5) is 44.3. The van der Waals surface area contributed by atoms with Crippen LogP contribution in [0.1, 0.15) is 143 Å². The molecule has 14 heteroatoms. The van der Waals surface area contributed by atoms with E-state index in [-0.39, 0.29) is 128 Å². The van der Waals surface area contributed by atoms with E-state index in [4.69, 9.17) is 20.3 Å². The van der Waals surface area contributed by atoms with Crippen LogP contribution in [0.25, 0.3) is 99.9 Å². The third-order valence-corrected chi connectivity index (χ3v) is 18.5. The van der Waals surface area contributed by atoms with Crippen molar-refractivity contribution in [1.29, 1.82) is 0 Å². The second-order valence-corrected chi connectivity index (χ2v) is 28.6. The Morgan fingerprint density at radius 2 is 0.733 bits per heavy atom. The van der Waals surface area contributed by atoms with E-state index >= 15 is 0 Å². The first-order valence-corrected chi connectivity index (χ1v) is 33.9. The van der Waals surface area contributed by atoms with Crippen molar-refractivity contribution in [2.75, 3.05) is 0 Å². The molecule has 3 heterocycles. The van der Waals surface area contributed by atoms with Gasteiger partial charge in [-0.3, -0.25) is 29.3 Å². The zero-order valence-electron chi connectivity index (χ0n) is 61.4. The predicted molar refractivity (Wildman–Crippen MR) is 411 cm³/mol. The molecular weight excluding hydrogens is 1850 g/mol. The summed E-state index contributed by atoms with van der Waals surface area (Å²) in [7, 11) is 0. The second kappa shape index (κ2) is 34.3. The number of nitrogens with zero attached hydrogens (tertiary/aromatic N) is 3. The Bertz CT molecular complexity index is 5260. The van der Waals surface area contributed by atoms with Gasteiger partial charge in [0.15, 0.2) is 17.3 Å². The SMILES string of the molecule is CC(=O)C=C(C)O.CC(=O)C=C(C)O.CC(=O)C=C(C)O.CC(C)(C)c1ccc2c(c1)C(C)(C)c1cc(-c3ccc4ccccc4n3)[c-]cc1-2.CC1(C)c2ccccc2-c2c[c-]c(-c3cc(F)c4ccccc4n3)cc21.CC1(C)c2ccccc2-c2c[c-]c(-c3ccc4c(F)cccc4n3)cc21.[Ir].[Ir].[Ir]. The molecule has 3 aromatic heterocycles. The van der Waals surface area contributed by atoms with E-state index in [1.165, 1.54) is 150 Å². The molecule has 0 spiro atoms. The summed E-state index contributed by atoms with van der Waals surface area (Å²) in [6, 6.07) is 77.1. The Labute approximate surface area is 655 Å². The van der Waals surface area contributed by atoms with Gasteiger partial charge in [0.2, 0.25) is 0 Å². The fourth-order valence-electron chi connectivity index (χ4n) is 13.5. The maximum atomic E-state index is 14.5. The molecule has 543 valence electrons. The van der Waals surface area contributed by atoms with Crippen LogP contribution in [0, 0.1) is 29.8 Å². The van der Waals surface area contributed by atoms with Gasteiger partial charge in [-0.05, 0) is 144 Å². The Kier molecular flexibility index (Phi) is 27.1. The average Bonchev–Trinajstić information content (AvgIpc) is 1.59. The molecule has 3 aliphatic carbocycles. The number of aliphatic hydroxyl groups is 3. The Balaban J connectivity index is 0.000000191. The Morgan fingerprint density at radius 3 is 1.19 bits per heavy atom. The number of carbonyl (C=O) groups is 3. The quantitative estimate of drug-likeness (QED) is 0.0840. The van der Waals surface area contributed by atoms with Crippen molar-refractivity contribution < 1.29 is 98.8 Å². The number of hydrogen-bond acceptors (Lipinski definition) is 9.